The Bertz CT molecular complexity index is 318. The number of carbonyl (C=O) groups is 1. The Hall–Kier alpha value is -1.51. The van der Waals surface area contributed by atoms with E-state index in [1.165, 1.54) is 5.56 Å². The predicted molar refractivity (Wildman–Crippen MR) is 48.4 cm³/mol. The molecule has 1 aromatic rings. The minimum absolute atomic E-state index is 0.118. The van der Waals surface area contributed by atoms with Crippen LogP contribution in [0.3, 0.4) is 0 Å². The zero-order valence-electron chi connectivity index (χ0n) is 7.41. The largest absolute Gasteiger partial charge is 0.439 e. The number of carbonyl (C=O) groups excluding carboxylic acids is 1. The molecule has 0 saturated carbocycles. The van der Waals surface area contributed by atoms with E-state index in [9.17, 15) is 4.79 Å². The lowest BCUT2D eigenvalue weighted by Crippen LogP contribution is -2.12. The first-order chi connectivity index (χ1) is 6.25. The molecule has 0 unspecified atom stereocenters. The third-order valence-electron chi connectivity index (χ3n) is 2.13. The molecule has 13 heavy (non-hydrogen) atoms. The molecular formula is C10H11NO2. The lowest BCUT2D eigenvalue weighted by Gasteiger charge is -2.07. The zero-order chi connectivity index (χ0) is 9.26. The van der Waals surface area contributed by atoms with Crippen molar-refractivity contribution in [2.24, 2.45) is 0 Å². The van der Waals surface area contributed by atoms with Gasteiger partial charge in [-0.15, -0.1) is 0 Å². The summed E-state index contributed by atoms with van der Waals surface area (Å²) in [5.74, 6) is 0. The first kappa shape index (κ1) is 8.10. The molecule has 1 aromatic carbocycles. The summed E-state index contributed by atoms with van der Waals surface area (Å²) in [4.78, 5) is 10.8. The molecule has 1 aliphatic rings. The highest BCUT2D eigenvalue weighted by molar-refractivity contribution is 5.69. The van der Waals surface area contributed by atoms with Crippen molar-refractivity contribution >= 4 is 6.09 Å². The molecule has 2 rings (SSSR count). The van der Waals surface area contributed by atoms with Crippen molar-refractivity contribution < 1.29 is 9.53 Å². The van der Waals surface area contributed by atoms with Crippen LogP contribution in [0, 0.1) is 6.92 Å². The van der Waals surface area contributed by atoms with Gasteiger partial charge in [-0.05, 0) is 12.5 Å². The third-order valence-corrected chi connectivity index (χ3v) is 2.13. The van der Waals surface area contributed by atoms with Crippen molar-refractivity contribution in [3.8, 4) is 0 Å². The van der Waals surface area contributed by atoms with E-state index in [0.29, 0.717) is 6.54 Å². The Morgan fingerprint density at radius 2 is 2.08 bits per heavy atom. The molecule has 3 heteroatoms. The lowest BCUT2D eigenvalue weighted by atomic mass is 10.1. The van der Waals surface area contributed by atoms with Gasteiger partial charge in [-0.1, -0.05) is 29.8 Å². The van der Waals surface area contributed by atoms with E-state index in [1.807, 2.05) is 31.2 Å². The fraction of sp³-hybridized carbons (Fsp3) is 0.300. The second kappa shape index (κ2) is 3.09. The number of alkyl carbamates (subject to hydrolysis) is 1. The summed E-state index contributed by atoms with van der Waals surface area (Å²) in [5, 5.41) is 2.62. The fourth-order valence-electron chi connectivity index (χ4n) is 1.36. The minimum Gasteiger partial charge on any atom is -0.439 e. The first-order valence-electron chi connectivity index (χ1n) is 4.27. The molecule has 1 amide bonds. The average Bonchev–Trinajstić information content (AvgIpc) is 2.53. The zero-order valence-corrected chi connectivity index (χ0v) is 7.41. The SMILES string of the molecule is Cc1ccc([C@@H]2CNC(=O)O2)cc1. The van der Waals surface area contributed by atoms with Gasteiger partial charge in [-0.25, -0.2) is 4.79 Å². The Balaban J connectivity index is 2.17. The highest BCUT2D eigenvalue weighted by atomic mass is 16.6. The molecule has 1 saturated heterocycles. The maximum atomic E-state index is 10.8. The Labute approximate surface area is 76.7 Å². The second-order valence-corrected chi connectivity index (χ2v) is 3.19. The van der Waals surface area contributed by atoms with Gasteiger partial charge in [0.1, 0.15) is 6.10 Å². The van der Waals surface area contributed by atoms with Crippen molar-refractivity contribution in [1.29, 1.82) is 0 Å². The molecule has 0 aromatic heterocycles. The first-order valence-corrected chi connectivity index (χ1v) is 4.27. The van der Waals surface area contributed by atoms with E-state index in [2.05, 4.69) is 5.32 Å². The molecule has 0 bridgehead atoms. The standard InChI is InChI=1S/C10H11NO2/c1-7-2-4-8(5-3-7)9-6-11-10(12)13-9/h2-5,9H,6H2,1H3,(H,11,12)/t9-/m0/s1. The van der Waals surface area contributed by atoms with Gasteiger partial charge in [0.25, 0.3) is 0 Å². The molecule has 1 heterocycles. The highest BCUT2D eigenvalue weighted by Gasteiger charge is 2.23. The Morgan fingerprint density at radius 1 is 1.38 bits per heavy atom. The molecule has 0 radical (unpaired) electrons. The Kier molecular flexibility index (Phi) is 1.93. The van der Waals surface area contributed by atoms with Crippen LogP contribution in [0.4, 0.5) is 4.79 Å². The normalized spacial score (nSPS) is 21.0. The average molecular weight is 177 g/mol. The molecule has 1 atom stereocenters. The van der Waals surface area contributed by atoms with E-state index >= 15 is 0 Å². The van der Waals surface area contributed by atoms with Crippen LogP contribution < -0.4 is 5.32 Å². The maximum Gasteiger partial charge on any atom is 0.407 e. The van der Waals surface area contributed by atoms with E-state index < -0.39 is 0 Å². The Morgan fingerprint density at radius 3 is 2.62 bits per heavy atom. The van der Waals surface area contributed by atoms with Crippen molar-refractivity contribution in [2.75, 3.05) is 6.54 Å². The van der Waals surface area contributed by atoms with Crippen LogP contribution in [0.25, 0.3) is 0 Å². The van der Waals surface area contributed by atoms with Gasteiger partial charge in [0, 0.05) is 0 Å². The number of aryl methyl sites for hydroxylation is 1. The van der Waals surface area contributed by atoms with Crippen molar-refractivity contribution in [3.05, 3.63) is 35.4 Å². The van der Waals surface area contributed by atoms with Crippen LogP contribution >= 0.6 is 0 Å². The van der Waals surface area contributed by atoms with Crippen molar-refractivity contribution in [1.82, 2.24) is 5.32 Å². The summed E-state index contributed by atoms with van der Waals surface area (Å²) >= 11 is 0. The van der Waals surface area contributed by atoms with Gasteiger partial charge >= 0.3 is 6.09 Å². The van der Waals surface area contributed by atoms with Crippen molar-refractivity contribution in [2.45, 2.75) is 13.0 Å². The summed E-state index contributed by atoms with van der Waals surface area (Å²) in [7, 11) is 0. The van der Waals surface area contributed by atoms with Gasteiger partial charge < -0.3 is 10.1 Å². The summed E-state index contributed by atoms with van der Waals surface area (Å²) in [5.41, 5.74) is 2.25. The predicted octanol–water partition coefficient (Wildman–Crippen LogP) is 1.78. The highest BCUT2D eigenvalue weighted by Crippen LogP contribution is 2.20. The smallest absolute Gasteiger partial charge is 0.407 e. The summed E-state index contributed by atoms with van der Waals surface area (Å²) in [6.45, 7) is 2.60. The number of hydrogen-bond acceptors (Lipinski definition) is 2. The van der Waals surface area contributed by atoms with Crippen LogP contribution in [0.2, 0.25) is 0 Å². The van der Waals surface area contributed by atoms with Gasteiger partial charge in [0.15, 0.2) is 0 Å². The number of amides is 1. The second-order valence-electron chi connectivity index (χ2n) is 3.19. The number of cyclic esters (lactones) is 1. The molecule has 1 aliphatic heterocycles. The molecule has 68 valence electrons. The van der Waals surface area contributed by atoms with Crippen LogP contribution in [0.15, 0.2) is 24.3 Å². The van der Waals surface area contributed by atoms with E-state index in [0.717, 1.165) is 5.56 Å². The van der Waals surface area contributed by atoms with Gasteiger partial charge in [-0.2, -0.15) is 0 Å². The van der Waals surface area contributed by atoms with Crippen LogP contribution in [0.1, 0.15) is 17.2 Å². The minimum atomic E-state index is -0.328. The monoisotopic (exact) mass is 177 g/mol. The molecular weight excluding hydrogens is 166 g/mol. The number of hydrogen-bond donors (Lipinski definition) is 1. The summed E-state index contributed by atoms with van der Waals surface area (Å²) < 4.78 is 5.04. The van der Waals surface area contributed by atoms with Crippen LogP contribution in [-0.2, 0) is 4.74 Å². The van der Waals surface area contributed by atoms with Gasteiger partial charge in [-0.3, -0.25) is 0 Å². The number of rotatable bonds is 1. The van der Waals surface area contributed by atoms with E-state index in [-0.39, 0.29) is 12.2 Å². The topological polar surface area (TPSA) is 38.3 Å². The molecule has 1 N–H and O–H groups in total. The number of benzene rings is 1. The molecule has 0 aliphatic carbocycles. The van der Waals surface area contributed by atoms with Crippen LogP contribution in [0.5, 0.6) is 0 Å². The summed E-state index contributed by atoms with van der Waals surface area (Å²) in [6, 6.07) is 8.00. The van der Waals surface area contributed by atoms with Crippen LogP contribution in [-0.4, -0.2) is 12.6 Å². The summed E-state index contributed by atoms with van der Waals surface area (Å²) in [6.07, 6.45) is -0.446. The number of ether oxygens (including phenoxy) is 1. The molecule has 0 spiro atoms. The quantitative estimate of drug-likeness (QED) is 0.710. The third kappa shape index (κ3) is 1.64. The number of nitrogens with one attached hydrogen (secondary N) is 1. The van der Waals surface area contributed by atoms with Gasteiger partial charge in [0.05, 0.1) is 6.54 Å². The van der Waals surface area contributed by atoms with Crippen molar-refractivity contribution in [3.63, 3.8) is 0 Å². The maximum absolute atomic E-state index is 10.8. The van der Waals surface area contributed by atoms with E-state index in [4.69, 9.17) is 4.74 Å². The molecule has 3 nitrogen and oxygen atoms in total. The molecule has 1 fully saturated rings. The lowest BCUT2D eigenvalue weighted by molar-refractivity contribution is 0.141. The fourth-order valence-corrected chi connectivity index (χ4v) is 1.36. The van der Waals surface area contributed by atoms with Gasteiger partial charge in [0.2, 0.25) is 0 Å². The van der Waals surface area contributed by atoms with E-state index in [1.54, 1.807) is 0 Å².